The standard InChI is InChI=1S/C29H38N4O11/c1-13-15-7-4-8-16(34)18(15)23(35)19-17(13)24(36)21-22(31(2)3)25(37)20(27(39)29(21,41)26(19)38)28(40)30-12-32-9-5-6-14(10-32)11-44-33(42)43/h4,7-8,13-14,17,21-22,24,34,36-38,41-43H,5-6,9-12H2,1-3H3,(H,30,40)/t13-,14?,17+,21+,22-,24-,29-/m0/s1. The molecule has 0 bridgehead atoms. The number of aliphatic hydroxyl groups excluding tert-OH is 3. The Morgan fingerprint density at radius 3 is 2.55 bits per heavy atom. The SMILES string of the molecule is C[C@H]1c2cccc(O)c2C(=O)C2=C(O)[C@]3(O)C(=O)C(C(=O)NCN4CCCC(CON(O)O)C4)=C(O)[C@@H](N(C)C)[C@@H]3[C@@H](O)[C@@H]21. The molecular formula is C29H38N4O11. The van der Waals surface area contributed by atoms with Gasteiger partial charge < -0.3 is 30.8 Å². The van der Waals surface area contributed by atoms with Gasteiger partial charge in [-0.05, 0) is 56.9 Å². The minimum absolute atomic E-state index is 0.0116. The summed E-state index contributed by atoms with van der Waals surface area (Å²) in [7, 11) is 3.02. The highest BCUT2D eigenvalue weighted by atomic mass is 17.1. The van der Waals surface area contributed by atoms with Crippen molar-refractivity contribution in [1.82, 2.24) is 20.5 Å². The Labute approximate surface area is 252 Å². The molecule has 4 aliphatic rings. The van der Waals surface area contributed by atoms with Gasteiger partial charge in [-0.1, -0.05) is 19.1 Å². The molecule has 1 amide bonds. The molecule has 15 heteroatoms. The van der Waals surface area contributed by atoms with Gasteiger partial charge in [0.2, 0.25) is 5.78 Å². The zero-order valence-corrected chi connectivity index (χ0v) is 24.5. The molecule has 1 saturated heterocycles. The minimum Gasteiger partial charge on any atom is -0.510 e. The molecule has 1 fully saturated rings. The van der Waals surface area contributed by atoms with Crippen LogP contribution in [0.25, 0.3) is 0 Å². The largest absolute Gasteiger partial charge is 0.510 e. The highest BCUT2D eigenvalue weighted by Crippen LogP contribution is 2.55. The van der Waals surface area contributed by atoms with Crippen molar-refractivity contribution in [2.24, 2.45) is 17.8 Å². The van der Waals surface area contributed by atoms with Crippen molar-refractivity contribution in [3.8, 4) is 5.75 Å². The van der Waals surface area contributed by atoms with Crippen LogP contribution >= 0.6 is 0 Å². The average Bonchev–Trinajstić information content (AvgIpc) is 2.97. The summed E-state index contributed by atoms with van der Waals surface area (Å²) in [5, 5.41) is 77.0. The van der Waals surface area contributed by atoms with E-state index < -0.39 is 75.6 Å². The fourth-order valence-electron chi connectivity index (χ4n) is 7.44. The zero-order valence-electron chi connectivity index (χ0n) is 24.5. The highest BCUT2D eigenvalue weighted by Gasteiger charge is 2.67. The maximum Gasteiger partial charge on any atom is 0.259 e. The number of hydrogen-bond donors (Lipinski definition) is 8. The number of hydrogen-bond acceptors (Lipinski definition) is 14. The Bertz CT molecular complexity index is 1430. The lowest BCUT2D eigenvalue weighted by Gasteiger charge is -2.53. The van der Waals surface area contributed by atoms with Gasteiger partial charge in [-0.3, -0.25) is 39.4 Å². The number of rotatable bonds is 7. The Morgan fingerprint density at radius 1 is 1.18 bits per heavy atom. The molecule has 15 nitrogen and oxygen atoms in total. The number of amides is 1. The van der Waals surface area contributed by atoms with Crippen LogP contribution in [0, 0.1) is 17.8 Å². The second-order valence-corrected chi connectivity index (χ2v) is 12.2. The predicted octanol–water partition coefficient (Wildman–Crippen LogP) is -0.0352. The van der Waals surface area contributed by atoms with Crippen molar-refractivity contribution < 1.29 is 55.2 Å². The molecule has 240 valence electrons. The minimum atomic E-state index is -2.95. The summed E-state index contributed by atoms with van der Waals surface area (Å²) >= 11 is 0. The van der Waals surface area contributed by atoms with Crippen molar-refractivity contribution in [3.63, 3.8) is 0 Å². The van der Waals surface area contributed by atoms with Crippen LogP contribution in [0.2, 0.25) is 0 Å². The molecular weight excluding hydrogens is 580 g/mol. The summed E-state index contributed by atoms with van der Waals surface area (Å²) in [6, 6.07) is 3.13. The van der Waals surface area contributed by atoms with Crippen LogP contribution < -0.4 is 5.32 Å². The summed E-state index contributed by atoms with van der Waals surface area (Å²) in [5.74, 6) is -8.77. The number of ketones is 2. The van der Waals surface area contributed by atoms with Gasteiger partial charge >= 0.3 is 0 Å². The molecule has 1 heterocycles. The van der Waals surface area contributed by atoms with Crippen LogP contribution in [0.5, 0.6) is 5.75 Å². The Morgan fingerprint density at radius 2 is 1.89 bits per heavy atom. The van der Waals surface area contributed by atoms with E-state index >= 15 is 0 Å². The van der Waals surface area contributed by atoms with Gasteiger partial charge in [0.25, 0.3) is 5.91 Å². The summed E-state index contributed by atoms with van der Waals surface area (Å²) in [4.78, 5) is 49.1. The Hall–Kier alpha value is -3.41. The van der Waals surface area contributed by atoms with E-state index in [0.717, 1.165) is 6.42 Å². The highest BCUT2D eigenvalue weighted by molar-refractivity contribution is 6.25. The van der Waals surface area contributed by atoms with E-state index in [1.54, 1.807) is 19.1 Å². The zero-order chi connectivity index (χ0) is 32.2. The lowest BCUT2D eigenvalue weighted by Crippen LogP contribution is -2.68. The smallest absolute Gasteiger partial charge is 0.259 e. The first kappa shape index (κ1) is 32.0. The number of aliphatic hydroxyl groups is 4. The number of likely N-dealkylation sites (N-methyl/N-ethyl adjacent to an activating group) is 1. The molecule has 0 saturated carbocycles. The number of nitrogens with zero attached hydrogens (tertiary/aromatic N) is 3. The summed E-state index contributed by atoms with van der Waals surface area (Å²) in [5.41, 5.74) is -3.92. The number of carbonyl (C=O) groups is 3. The van der Waals surface area contributed by atoms with Crippen molar-refractivity contribution in [1.29, 1.82) is 0 Å². The van der Waals surface area contributed by atoms with Gasteiger partial charge in [0.1, 0.15) is 22.8 Å². The molecule has 0 radical (unpaired) electrons. The monoisotopic (exact) mass is 618 g/mol. The maximum atomic E-state index is 14.0. The van der Waals surface area contributed by atoms with Crippen molar-refractivity contribution in [2.75, 3.05) is 40.5 Å². The lowest BCUT2D eigenvalue weighted by atomic mass is 9.55. The molecule has 3 aliphatic carbocycles. The molecule has 44 heavy (non-hydrogen) atoms. The Kier molecular flexibility index (Phi) is 8.60. The van der Waals surface area contributed by atoms with Crippen LogP contribution in [-0.2, 0) is 14.4 Å². The van der Waals surface area contributed by atoms with E-state index in [1.807, 2.05) is 4.90 Å². The van der Waals surface area contributed by atoms with Gasteiger partial charge in [-0.25, -0.2) is 0 Å². The third kappa shape index (κ3) is 4.98. The van der Waals surface area contributed by atoms with Gasteiger partial charge in [0, 0.05) is 18.0 Å². The van der Waals surface area contributed by atoms with Crippen LogP contribution in [0.4, 0.5) is 0 Å². The number of aromatic hydroxyl groups is 1. The number of phenolic OH excluding ortho intramolecular Hbond substituents is 1. The first-order chi connectivity index (χ1) is 20.7. The molecule has 5 rings (SSSR count). The third-order valence-electron chi connectivity index (χ3n) is 9.47. The van der Waals surface area contributed by atoms with E-state index in [2.05, 4.69) is 5.32 Å². The number of benzene rings is 1. The molecule has 8 N–H and O–H groups in total. The molecule has 1 aromatic rings. The number of Topliss-reactive ketones (excluding diaryl/α,β-unsaturated/α-hetero) is 2. The first-order valence-electron chi connectivity index (χ1n) is 14.4. The van der Waals surface area contributed by atoms with Gasteiger partial charge in [-0.15, -0.1) is 0 Å². The number of carbonyl (C=O) groups excluding carboxylic acids is 3. The normalized spacial score (nSPS) is 32.6. The van der Waals surface area contributed by atoms with Crippen molar-refractivity contribution >= 4 is 17.5 Å². The van der Waals surface area contributed by atoms with Gasteiger partial charge in [0.15, 0.2) is 11.4 Å². The number of phenols is 1. The molecule has 1 aliphatic heterocycles. The molecule has 1 aromatic carbocycles. The van der Waals surface area contributed by atoms with Crippen molar-refractivity contribution in [3.05, 3.63) is 52.0 Å². The quantitative estimate of drug-likeness (QED) is 0.148. The number of fused-ring (bicyclic) bond motifs is 3. The van der Waals surface area contributed by atoms with Crippen molar-refractivity contribution in [2.45, 2.75) is 43.4 Å². The van der Waals surface area contributed by atoms with Gasteiger partial charge in [0.05, 0.1) is 42.3 Å². The van der Waals surface area contributed by atoms with E-state index in [-0.39, 0.29) is 35.9 Å². The van der Waals surface area contributed by atoms with E-state index in [9.17, 15) is 39.9 Å². The second-order valence-electron chi connectivity index (χ2n) is 12.2. The van der Waals surface area contributed by atoms with Crippen LogP contribution in [0.1, 0.15) is 41.6 Å². The summed E-state index contributed by atoms with van der Waals surface area (Å²) in [6.45, 7) is 2.60. The third-order valence-corrected chi connectivity index (χ3v) is 9.47. The van der Waals surface area contributed by atoms with E-state index in [1.165, 1.54) is 25.1 Å². The number of piperidine rings is 1. The number of nitrogens with one attached hydrogen (secondary N) is 1. The summed E-state index contributed by atoms with van der Waals surface area (Å²) in [6.07, 6.45) is -0.188. The van der Waals surface area contributed by atoms with Crippen LogP contribution in [-0.4, -0.2) is 127 Å². The number of likely N-dealkylation sites (tertiary alicyclic amines) is 1. The topological polar surface area (TPSA) is 224 Å². The van der Waals surface area contributed by atoms with E-state index in [4.69, 9.17) is 15.3 Å². The molecule has 1 unspecified atom stereocenters. The maximum absolute atomic E-state index is 14.0. The molecule has 7 atom stereocenters. The lowest BCUT2D eigenvalue weighted by molar-refractivity contribution is -0.494. The summed E-state index contributed by atoms with van der Waals surface area (Å²) < 4.78 is 0. The predicted molar refractivity (Wildman–Crippen MR) is 149 cm³/mol. The van der Waals surface area contributed by atoms with E-state index in [0.29, 0.717) is 25.1 Å². The average molecular weight is 619 g/mol. The second kappa shape index (κ2) is 11.8. The molecule has 0 aromatic heterocycles. The molecule has 0 spiro atoms. The van der Waals surface area contributed by atoms with Crippen LogP contribution in [0.15, 0.2) is 40.9 Å². The fraction of sp³-hybridized carbons (Fsp3) is 0.552. The van der Waals surface area contributed by atoms with Crippen LogP contribution in [0.3, 0.4) is 0 Å². The Balaban J connectivity index is 1.49. The van der Waals surface area contributed by atoms with Gasteiger partial charge in [-0.2, -0.15) is 0 Å². The first-order valence-corrected chi connectivity index (χ1v) is 14.4. The fourth-order valence-corrected chi connectivity index (χ4v) is 7.44.